The molecule has 0 saturated heterocycles. The molecule has 2 aromatic carbocycles. The summed E-state index contributed by atoms with van der Waals surface area (Å²) in [4.78, 5) is 22.2. The second-order valence-electron chi connectivity index (χ2n) is 6.55. The molecule has 3 aromatic rings. The van der Waals surface area contributed by atoms with E-state index in [0.29, 0.717) is 30.3 Å². The van der Waals surface area contributed by atoms with Crippen LogP contribution in [0, 0.1) is 0 Å². The molecule has 0 fully saturated rings. The van der Waals surface area contributed by atoms with Crippen LogP contribution < -0.4 is 4.74 Å². The summed E-state index contributed by atoms with van der Waals surface area (Å²) in [6.07, 6.45) is 2.08. The van der Waals surface area contributed by atoms with Gasteiger partial charge in [-0.15, -0.1) is 0 Å². The van der Waals surface area contributed by atoms with E-state index in [2.05, 4.69) is 0 Å². The van der Waals surface area contributed by atoms with Crippen LogP contribution in [0.1, 0.15) is 28.9 Å². The number of rotatable bonds is 9. The van der Waals surface area contributed by atoms with Crippen molar-refractivity contribution in [3.8, 4) is 16.9 Å². The maximum Gasteiger partial charge on any atom is 0.352 e. The summed E-state index contributed by atoms with van der Waals surface area (Å²) < 4.78 is 7.34. The fourth-order valence-corrected chi connectivity index (χ4v) is 3.18. The van der Waals surface area contributed by atoms with E-state index < -0.39 is 11.9 Å². The second kappa shape index (κ2) is 9.30. The van der Waals surface area contributed by atoms with Gasteiger partial charge in [0, 0.05) is 29.7 Å². The minimum absolute atomic E-state index is 0.00870. The van der Waals surface area contributed by atoms with Crippen LogP contribution in [0.5, 0.6) is 5.75 Å². The first kappa shape index (κ1) is 20.5. The zero-order valence-electron chi connectivity index (χ0n) is 15.5. The quantitative estimate of drug-likeness (QED) is 0.518. The Morgan fingerprint density at radius 3 is 2.41 bits per heavy atom. The molecule has 1 heterocycles. The molecule has 7 heteroatoms. The molecule has 0 radical (unpaired) electrons. The number of hydrogen-bond donors (Lipinski definition) is 2. The van der Waals surface area contributed by atoms with Gasteiger partial charge in [0.25, 0.3) is 0 Å². The van der Waals surface area contributed by atoms with Gasteiger partial charge in [-0.2, -0.15) is 0 Å². The second-order valence-corrected chi connectivity index (χ2v) is 6.99. The molecule has 6 nitrogen and oxygen atoms in total. The van der Waals surface area contributed by atoms with Gasteiger partial charge in [-0.3, -0.25) is 4.79 Å². The lowest BCUT2D eigenvalue weighted by Gasteiger charge is -2.07. The number of aromatic carboxylic acids is 1. The Bertz CT molecular complexity index is 1010. The van der Waals surface area contributed by atoms with Gasteiger partial charge in [0.1, 0.15) is 18.1 Å². The van der Waals surface area contributed by atoms with E-state index >= 15 is 0 Å². The highest BCUT2D eigenvalue weighted by Gasteiger charge is 2.14. The van der Waals surface area contributed by atoms with E-state index in [0.717, 1.165) is 16.7 Å². The summed E-state index contributed by atoms with van der Waals surface area (Å²) in [7, 11) is 0. The predicted molar refractivity (Wildman–Crippen MR) is 109 cm³/mol. The number of aromatic nitrogens is 1. The van der Waals surface area contributed by atoms with Crippen molar-refractivity contribution in [1.29, 1.82) is 0 Å². The van der Waals surface area contributed by atoms with Crippen molar-refractivity contribution in [2.24, 2.45) is 0 Å². The van der Waals surface area contributed by atoms with Crippen molar-refractivity contribution in [2.45, 2.75) is 26.0 Å². The minimum atomic E-state index is -1.05. The maximum absolute atomic E-state index is 11.5. The molecule has 3 rings (SSSR count). The summed E-state index contributed by atoms with van der Waals surface area (Å²) >= 11 is 5.97. The first-order chi connectivity index (χ1) is 13.9. The van der Waals surface area contributed by atoms with Gasteiger partial charge >= 0.3 is 11.9 Å². The molecule has 0 bridgehead atoms. The zero-order chi connectivity index (χ0) is 20.8. The standard InChI is InChI=1S/C22H20ClNO5/c23-18-4-1-3-15(11-18)14-29-19-8-6-16(7-9-19)17-12-20(22(27)28)24(13-17)10-2-5-21(25)26/h1,3-4,6-9,11-13H,2,5,10,14H2,(H,25,26)(H,27,28). The molecule has 0 spiro atoms. The van der Waals surface area contributed by atoms with Gasteiger partial charge in [0.15, 0.2) is 0 Å². The highest BCUT2D eigenvalue weighted by atomic mass is 35.5. The van der Waals surface area contributed by atoms with Crippen molar-refractivity contribution < 1.29 is 24.5 Å². The van der Waals surface area contributed by atoms with Crippen molar-refractivity contribution in [1.82, 2.24) is 4.57 Å². The highest BCUT2D eigenvalue weighted by molar-refractivity contribution is 6.30. The molecule has 1 aromatic heterocycles. The third-order valence-electron chi connectivity index (χ3n) is 4.39. The number of benzene rings is 2. The molecule has 2 N–H and O–H groups in total. The number of aryl methyl sites for hydroxylation is 1. The van der Waals surface area contributed by atoms with Crippen molar-refractivity contribution in [2.75, 3.05) is 0 Å². The monoisotopic (exact) mass is 413 g/mol. The van der Waals surface area contributed by atoms with Crippen LogP contribution in [0.3, 0.4) is 0 Å². The Balaban J connectivity index is 1.70. The van der Waals surface area contributed by atoms with Gasteiger partial charge in [-0.25, -0.2) is 4.79 Å². The fourth-order valence-electron chi connectivity index (χ4n) is 2.97. The third-order valence-corrected chi connectivity index (χ3v) is 4.62. The molecule has 29 heavy (non-hydrogen) atoms. The van der Waals surface area contributed by atoms with Crippen LogP contribution >= 0.6 is 11.6 Å². The lowest BCUT2D eigenvalue weighted by molar-refractivity contribution is -0.137. The number of ether oxygens (including phenoxy) is 1. The number of carboxylic acids is 2. The third kappa shape index (κ3) is 5.62. The van der Waals surface area contributed by atoms with Gasteiger partial charge in [-0.1, -0.05) is 35.9 Å². The van der Waals surface area contributed by atoms with Crippen LogP contribution in [0.4, 0.5) is 0 Å². The minimum Gasteiger partial charge on any atom is -0.489 e. The van der Waals surface area contributed by atoms with Gasteiger partial charge in [-0.05, 0) is 47.9 Å². The van der Waals surface area contributed by atoms with Crippen LogP contribution in [0.25, 0.3) is 11.1 Å². The normalized spacial score (nSPS) is 10.7. The summed E-state index contributed by atoms with van der Waals surface area (Å²) in [5.74, 6) is -1.26. The molecule has 0 aliphatic carbocycles. The Morgan fingerprint density at radius 2 is 1.76 bits per heavy atom. The van der Waals surface area contributed by atoms with Crippen LogP contribution in [0.15, 0.2) is 60.8 Å². The first-order valence-corrected chi connectivity index (χ1v) is 9.43. The Morgan fingerprint density at radius 1 is 1.00 bits per heavy atom. The molecule has 0 aliphatic rings. The van der Waals surface area contributed by atoms with Crippen molar-refractivity contribution in [3.05, 3.63) is 77.1 Å². The lowest BCUT2D eigenvalue weighted by Crippen LogP contribution is -2.08. The molecule has 0 atom stereocenters. The molecular weight excluding hydrogens is 394 g/mol. The zero-order valence-corrected chi connectivity index (χ0v) is 16.3. The van der Waals surface area contributed by atoms with Crippen LogP contribution in [-0.4, -0.2) is 26.7 Å². The molecule has 0 saturated carbocycles. The topological polar surface area (TPSA) is 88.8 Å². The molecular formula is C22H20ClNO5. The average Bonchev–Trinajstić information content (AvgIpc) is 3.11. The van der Waals surface area contributed by atoms with E-state index in [1.807, 2.05) is 42.5 Å². The van der Waals surface area contributed by atoms with E-state index in [1.54, 1.807) is 22.9 Å². The first-order valence-electron chi connectivity index (χ1n) is 9.05. The van der Waals surface area contributed by atoms with Crippen LogP contribution in [0.2, 0.25) is 5.02 Å². The van der Waals surface area contributed by atoms with Crippen molar-refractivity contribution in [3.63, 3.8) is 0 Å². The number of carboxylic acid groups (broad SMARTS) is 2. The molecule has 0 unspecified atom stereocenters. The van der Waals surface area contributed by atoms with E-state index in [4.69, 9.17) is 21.4 Å². The van der Waals surface area contributed by atoms with Gasteiger partial charge in [0.2, 0.25) is 0 Å². The maximum atomic E-state index is 11.5. The Kier molecular flexibility index (Phi) is 6.57. The SMILES string of the molecule is O=C(O)CCCn1cc(-c2ccc(OCc3cccc(Cl)c3)cc2)cc1C(=O)O. The molecule has 0 aliphatic heterocycles. The van der Waals surface area contributed by atoms with E-state index in [1.165, 1.54) is 0 Å². The smallest absolute Gasteiger partial charge is 0.352 e. The Labute approximate surface area is 172 Å². The fraction of sp³-hybridized carbons (Fsp3) is 0.182. The Hall–Kier alpha value is -3.25. The average molecular weight is 414 g/mol. The van der Waals surface area contributed by atoms with E-state index in [9.17, 15) is 14.7 Å². The van der Waals surface area contributed by atoms with Crippen LogP contribution in [-0.2, 0) is 17.9 Å². The predicted octanol–water partition coefficient (Wildman–Crippen LogP) is 4.95. The van der Waals surface area contributed by atoms with E-state index in [-0.39, 0.29) is 12.1 Å². The number of nitrogens with zero attached hydrogens (tertiary/aromatic N) is 1. The highest BCUT2D eigenvalue weighted by Crippen LogP contribution is 2.26. The largest absolute Gasteiger partial charge is 0.489 e. The van der Waals surface area contributed by atoms with Crippen molar-refractivity contribution >= 4 is 23.5 Å². The summed E-state index contributed by atoms with van der Waals surface area (Å²) in [6, 6.07) is 16.4. The lowest BCUT2D eigenvalue weighted by atomic mass is 10.1. The number of aliphatic carboxylic acids is 1. The molecule has 150 valence electrons. The summed E-state index contributed by atoms with van der Waals surface area (Å²) in [5.41, 5.74) is 2.69. The van der Waals surface area contributed by atoms with Gasteiger partial charge in [0.05, 0.1) is 0 Å². The number of halogens is 1. The molecule has 0 amide bonds. The summed E-state index contributed by atoms with van der Waals surface area (Å²) in [6.45, 7) is 0.720. The summed E-state index contributed by atoms with van der Waals surface area (Å²) in [5, 5.41) is 18.8. The number of hydrogen-bond acceptors (Lipinski definition) is 3. The van der Waals surface area contributed by atoms with Gasteiger partial charge < -0.3 is 19.5 Å². The number of carbonyl (C=O) groups is 2.